The third kappa shape index (κ3) is 6.26. The van der Waals surface area contributed by atoms with Crippen molar-refractivity contribution >= 4 is 34.8 Å². The Balaban J connectivity index is 1.64. The highest BCUT2D eigenvalue weighted by molar-refractivity contribution is 6.39. The lowest BCUT2D eigenvalue weighted by Gasteiger charge is -2.13. The Bertz CT molecular complexity index is 1210. The molecule has 8 nitrogen and oxygen atoms in total. The van der Waals surface area contributed by atoms with E-state index in [-0.39, 0.29) is 6.61 Å². The minimum Gasteiger partial charge on any atom is -0.495 e. The zero-order chi connectivity index (χ0) is 24.5. The molecular formula is C25H24ClN3O5. The number of nitrogens with zero attached hydrogens (tertiary/aromatic N) is 1. The molecule has 0 saturated heterocycles. The highest BCUT2D eigenvalue weighted by Crippen LogP contribution is 2.30. The third-order valence-electron chi connectivity index (χ3n) is 4.81. The second kappa shape index (κ2) is 11.7. The molecule has 3 aromatic carbocycles. The molecule has 0 atom stereocenters. The molecule has 34 heavy (non-hydrogen) atoms. The van der Waals surface area contributed by atoms with Crippen LogP contribution in [0.25, 0.3) is 0 Å². The topological polar surface area (TPSA) is 98.2 Å². The Morgan fingerprint density at radius 3 is 2.32 bits per heavy atom. The first kappa shape index (κ1) is 24.6. The number of hydrogen-bond acceptors (Lipinski definition) is 6. The molecule has 0 spiro atoms. The Morgan fingerprint density at radius 2 is 1.59 bits per heavy atom. The fraction of sp³-hybridized carbons (Fsp3) is 0.160. The molecule has 2 amide bonds. The van der Waals surface area contributed by atoms with E-state index in [1.165, 1.54) is 14.2 Å². The molecule has 0 aliphatic rings. The standard InChI is InChI=1S/C25H24ClN3O5/c1-16(28-29-25(31)24(30)27-20-10-6-7-11-21(20)32-2)17-12-13-22(23(14-17)33-3)34-15-18-8-4-5-9-19(18)26/h4-14H,15H2,1-3H3,(H,27,30)(H,29,31)/b28-16+. The zero-order valence-corrected chi connectivity index (χ0v) is 19.7. The Kier molecular flexibility index (Phi) is 8.48. The van der Waals surface area contributed by atoms with Gasteiger partial charge in [0.1, 0.15) is 12.4 Å². The number of benzene rings is 3. The monoisotopic (exact) mass is 481 g/mol. The van der Waals surface area contributed by atoms with E-state index in [4.69, 9.17) is 25.8 Å². The van der Waals surface area contributed by atoms with Crippen molar-refractivity contribution < 1.29 is 23.8 Å². The fourth-order valence-corrected chi connectivity index (χ4v) is 3.15. The third-order valence-corrected chi connectivity index (χ3v) is 5.18. The van der Waals surface area contributed by atoms with Crippen LogP contribution in [0.5, 0.6) is 17.2 Å². The molecule has 0 aliphatic carbocycles. The van der Waals surface area contributed by atoms with Crippen LogP contribution in [0.1, 0.15) is 18.1 Å². The van der Waals surface area contributed by atoms with Crippen LogP contribution in [0.2, 0.25) is 5.02 Å². The highest BCUT2D eigenvalue weighted by Gasteiger charge is 2.16. The molecule has 0 aliphatic heterocycles. The number of nitrogens with one attached hydrogen (secondary N) is 2. The van der Waals surface area contributed by atoms with E-state index in [1.807, 2.05) is 18.2 Å². The molecule has 176 valence electrons. The van der Waals surface area contributed by atoms with E-state index in [1.54, 1.807) is 55.5 Å². The van der Waals surface area contributed by atoms with E-state index >= 15 is 0 Å². The molecule has 0 bridgehead atoms. The summed E-state index contributed by atoms with van der Waals surface area (Å²) in [6.45, 7) is 1.97. The van der Waals surface area contributed by atoms with Crippen LogP contribution in [-0.2, 0) is 16.2 Å². The summed E-state index contributed by atoms with van der Waals surface area (Å²) in [4.78, 5) is 24.4. The average molecular weight is 482 g/mol. The first-order valence-corrected chi connectivity index (χ1v) is 10.6. The van der Waals surface area contributed by atoms with E-state index in [2.05, 4.69) is 15.8 Å². The molecule has 0 saturated carbocycles. The number of amides is 2. The van der Waals surface area contributed by atoms with Crippen molar-refractivity contribution in [1.82, 2.24) is 5.43 Å². The van der Waals surface area contributed by atoms with Crippen molar-refractivity contribution in [3.63, 3.8) is 0 Å². The van der Waals surface area contributed by atoms with Gasteiger partial charge in [0.15, 0.2) is 11.5 Å². The van der Waals surface area contributed by atoms with Gasteiger partial charge in [0.05, 0.1) is 25.6 Å². The van der Waals surface area contributed by atoms with E-state index in [0.717, 1.165) is 5.56 Å². The smallest absolute Gasteiger partial charge is 0.329 e. The number of hydrazone groups is 1. The number of para-hydroxylation sites is 2. The predicted molar refractivity (Wildman–Crippen MR) is 131 cm³/mol. The number of ether oxygens (including phenoxy) is 3. The normalized spacial score (nSPS) is 10.9. The lowest BCUT2D eigenvalue weighted by molar-refractivity contribution is -0.136. The van der Waals surface area contributed by atoms with Crippen LogP contribution in [0.15, 0.2) is 71.8 Å². The Hall–Kier alpha value is -4.04. The molecule has 0 aromatic heterocycles. The summed E-state index contributed by atoms with van der Waals surface area (Å²) in [6.07, 6.45) is 0. The zero-order valence-electron chi connectivity index (χ0n) is 18.9. The molecule has 0 heterocycles. The number of methoxy groups -OCH3 is 2. The van der Waals surface area contributed by atoms with Gasteiger partial charge in [-0.3, -0.25) is 9.59 Å². The summed E-state index contributed by atoms with van der Waals surface area (Å²) in [5.41, 5.74) is 4.62. The van der Waals surface area contributed by atoms with Crippen molar-refractivity contribution in [2.24, 2.45) is 5.10 Å². The van der Waals surface area contributed by atoms with Gasteiger partial charge in [-0.05, 0) is 43.3 Å². The molecule has 0 fully saturated rings. The molecule has 9 heteroatoms. The van der Waals surface area contributed by atoms with Crippen LogP contribution < -0.4 is 25.0 Å². The lowest BCUT2D eigenvalue weighted by Crippen LogP contribution is -2.33. The minimum atomic E-state index is -0.920. The largest absolute Gasteiger partial charge is 0.495 e. The van der Waals surface area contributed by atoms with Crippen LogP contribution in [0, 0.1) is 0 Å². The minimum absolute atomic E-state index is 0.278. The predicted octanol–water partition coefficient (Wildman–Crippen LogP) is 4.42. The number of rotatable bonds is 8. The van der Waals surface area contributed by atoms with E-state index in [0.29, 0.717) is 39.2 Å². The van der Waals surface area contributed by atoms with Gasteiger partial charge in [-0.15, -0.1) is 0 Å². The second-order valence-electron chi connectivity index (χ2n) is 7.04. The van der Waals surface area contributed by atoms with Crippen molar-refractivity contribution in [2.75, 3.05) is 19.5 Å². The molecule has 3 aromatic rings. The molecule has 3 rings (SSSR count). The Morgan fingerprint density at radius 1 is 0.882 bits per heavy atom. The average Bonchev–Trinajstić information content (AvgIpc) is 2.86. The number of anilines is 1. The molecule has 0 unspecified atom stereocenters. The first-order valence-electron chi connectivity index (χ1n) is 10.3. The number of carbonyl (C=O) groups excluding carboxylic acids is 2. The van der Waals surface area contributed by atoms with Gasteiger partial charge in [0, 0.05) is 16.1 Å². The van der Waals surface area contributed by atoms with Gasteiger partial charge in [0.25, 0.3) is 0 Å². The maximum absolute atomic E-state index is 12.2. The van der Waals surface area contributed by atoms with Gasteiger partial charge < -0.3 is 19.5 Å². The summed E-state index contributed by atoms with van der Waals surface area (Å²) >= 11 is 6.18. The van der Waals surface area contributed by atoms with Gasteiger partial charge in [-0.1, -0.05) is 41.9 Å². The number of halogens is 1. The first-order chi connectivity index (χ1) is 16.4. The summed E-state index contributed by atoms with van der Waals surface area (Å²) in [5, 5.41) is 7.13. The van der Waals surface area contributed by atoms with Crippen LogP contribution >= 0.6 is 11.6 Å². The lowest BCUT2D eigenvalue weighted by atomic mass is 10.1. The quantitative estimate of drug-likeness (QED) is 0.282. The van der Waals surface area contributed by atoms with Gasteiger partial charge in [-0.2, -0.15) is 5.10 Å². The molecule has 2 N–H and O–H groups in total. The van der Waals surface area contributed by atoms with E-state index < -0.39 is 11.8 Å². The Labute approximate surface area is 202 Å². The highest BCUT2D eigenvalue weighted by atomic mass is 35.5. The summed E-state index contributed by atoms with van der Waals surface area (Å²) in [6, 6.07) is 19.4. The fourth-order valence-electron chi connectivity index (χ4n) is 2.96. The van der Waals surface area contributed by atoms with E-state index in [9.17, 15) is 9.59 Å². The SMILES string of the molecule is COc1ccccc1NC(=O)C(=O)N/N=C(\C)c1ccc(OCc2ccccc2Cl)c(OC)c1. The number of carbonyl (C=O) groups is 2. The van der Waals surface area contributed by atoms with Gasteiger partial charge >= 0.3 is 11.8 Å². The molecular weight excluding hydrogens is 458 g/mol. The van der Waals surface area contributed by atoms with Crippen molar-refractivity contribution in [2.45, 2.75) is 13.5 Å². The molecule has 0 radical (unpaired) electrons. The maximum Gasteiger partial charge on any atom is 0.329 e. The summed E-state index contributed by atoms with van der Waals surface area (Å²) in [5.74, 6) is -0.343. The van der Waals surface area contributed by atoms with Crippen molar-refractivity contribution in [1.29, 1.82) is 0 Å². The summed E-state index contributed by atoms with van der Waals surface area (Å²) < 4.78 is 16.4. The van der Waals surface area contributed by atoms with Crippen LogP contribution in [0.4, 0.5) is 5.69 Å². The van der Waals surface area contributed by atoms with Crippen molar-refractivity contribution in [3.8, 4) is 17.2 Å². The van der Waals surface area contributed by atoms with Gasteiger partial charge in [-0.25, -0.2) is 5.43 Å². The second-order valence-corrected chi connectivity index (χ2v) is 7.45. The van der Waals surface area contributed by atoms with Crippen LogP contribution in [-0.4, -0.2) is 31.7 Å². The summed E-state index contributed by atoms with van der Waals surface area (Å²) in [7, 11) is 3.00. The van der Waals surface area contributed by atoms with Crippen LogP contribution in [0.3, 0.4) is 0 Å². The van der Waals surface area contributed by atoms with Crippen molar-refractivity contribution in [3.05, 3.63) is 82.9 Å². The maximum atomic E-state index is 12.2. The van der Waals surface area contributed by atoms with Gasteiger partial charge in [0.2, 0.25) is 0 Å². The number of hydrogen-bond donors (Lipinski definition) is 2.